The van der Waals surface area contributed by atoms with Crippen LogP contribution in [0.4, 0.5) is 0 Å². The second-order valence-electron chi connectivity index (χ2n) is 10.5. The van der Waals surface area contributed by atoms with Gasteiger partial charge in [0.2, 0.25) is 0 Å². The van der Waals surface area contributed by atoms with Gasteiger partial charge in [0, 0.05) is 12.6 Å². The second-order valence-corrected chi connectivity index (χ2v) is 10.5. The Morgan fingerprint density at radius 2 is 1.96 bits per heavy atom. The Morgan fingerprint density at radius 1 is 1.19 bits per heavy atom. The average Bonchev–Trinajstić information content (AvgIpc) is 2.97. The minimum absolute atomic E-state index is 0.0258. The SMILES string of the molecule is CCOC1C[C@@]2(C)C(CC[C@@H]3[C@H]2C(N(C)C)C[C@]2(C)C=CC[C@@H]32)CC1O. The Morgan fingerprint density at radius 3 is 2.65 bits per heavy atom. The first-order valence-corrected chi connectivity index (χ1v) is 10.9. The van der Waals surface area contributed by atoms with Crippen LogP contribution in [-0.4, -0.2) is 49.0 Å². The first-order valence-electron chi connectivity index (χ1n) is 10.9. The Hall–Kier alpha value is -0.380. The molecule has 0 spiro atoms. The van der Waals surface area contributed by atoms with Crippen LogP contribution in [0.2, 0.25) is 0 Å². The number of aliphatic hydroxyl groups excluding tert-OH is 1. The molecule has 3 saturated carbocycles. The number of aliphatic hydroxyl groups is 1. The molecule has 0 amide bonds. The monoisotopic (exact) mass is 361 g/mol. The van der Waals surface area contributed by atoms with Gasteiger partial charge in [-0.1, -0.05) is 26.0 Å². The van der Waals surface area contributed by atoms with Crippen LogP contribution in [0.1, 0.15) is 59.3 Å². The van der Waals surface area contributed by atoms with E-state index in [0.29, 0.717) is 29.4 Å². The molecule has 3 nitrogen and oxygen atoms in total. The molecule has 26 heavy (non-hydrogen) atoms. The van der Waals surface area contributed by atoms with Gasteiger partial charge in [0.05, 0.1) is 12.2 Å². The molecule has 0 aromatic heterocycles. The van der Waals surface area contributed by atoms with E-state index in [1.807, 2.05) is 0 Å². The fraction of sp³-hybridized carbons (Fsp3) is 0.913. The van der Waals surface area contributed by atoms with Gasteiger partial charge in [-0.05, 0) is 94.0 Å². The van der Waals surface area contributed by atoms with Crippen molar-refractivity contribution in [3.05, 3.63) is 12.2 Å². The third-order valence-electron chi connectivity index (χ3n) is 8.96. The maximum absolute atomic E-state index is 10.7. The van der Waals surface area contributed by atoms with Gasteiger partial charge in [-0.3, -0.25) is 0 Å². The fourth-order valence-corrected chi connectivity index (χ4v) is 7.77. The van der Waals surface area contributed by atoms with Crippen LogP contribution in [0.15, 0.2) is 12.2 Å². The molecule has 3 heteroatoms. The highest BCUT2D eigenvalue weighted by atomic mass is 16.5. The van der Waals surface area contributed by atoms with E-state index in [9.17, 15) is 5.11 Å². The topological polar surface area (TPSA) is 32.7 Å². The van der Waals surface area contributed by atoms with Crippen molar-refractivity contribution in [3.8, 4) is 0 Å². The van der Waals surface area contributed by atoms with Crippen molar-refractivity contribution in [3.63, 3.8) is 0 Å². The van der Waals surface area contributed by atoms with E-state index >= 15 is 0 Å². The lowest BCUT2D eigenvalue weighted by atomic mass is 9.43. The molecule has 4 unspecified atom stereocenters. The summed E-state index contributed by atoms with van der Waals surface area (Å²) >= 11 is 0. The normalized spacial score (nSPS) is 53.3. The van der Waals surface area contributed by atoms with Crippen molar-refractivity contribution in [2.45, 2.75) is 77.5 Å². The van der Waals surface area contributed by atoms with Crippen LogP contribution in [0.5, 0.6) is 0 Å². The molecule has 9 atom stereocenters. The zero-order valence-corrected chi connectivity index (χ0v) is 17.4. The molecular weight excluding hydrogens is 322 g/mol. The van der Waals surface area contributed by atoms with Crippen molar-refractivity contribution in [2.24, 2.45) is 34.5 Å². The van der Waals surface area contributed by atoms with E-state index in [4.69, 9.17) is 4.74 Å². The van der Waals surface area contributed by atoms with E-state index in [0.717, 1.165) is 30.6 Å². The van der Waals surface area contributed by atoms with Crippen molar-refractivity contribution in [1.82, 2.24) is 4.90 Å². The van der Waals surface area contributed by atoms with Gasteiger partial charge < -0.3 is 14.7 Å². The molecule has 0 aliphatic heterocycles. The molecule has 0 aromatic carbocycles. The summed E-state index contributed by atoms with van der Waals surface area (Å²) in [5.41, 5.74) is 0.674. The molecule has 148 valence electrons. The lowest BCUT2D eigenvalue weighted by molar-refractivity contribution is -0.183. The van der Waals surface area contributed by atoms with Crippen molar-refractivity contribution in [2.75, 3.05) is 20.7 Å². The fourth-order valence-electron chi connectivity index (χ4n) is 7.77. The molecule has 4 aliphatic carbocycles. The highest BCUT2D eigenvalue weighted by Gasteiger charge is 2.61. The van der Waals surface area contributed by atoms with Crippen molar-refractivity contribution >= 4 is 0 Å². The summed E-state index contributed by atoms with van der Waals surface area (Å²) in [6.45, 7) is 7.83. The average molecular weight is 362 g/mol. The molecule has 0 heterocycles. The molecule has 0 aromatic rings. The number of hydrogen-bond acceptors (Lipinski definition) is 3. The van der Waals surface area contributed by atoms with Crippen LogP contribution >= 0.6 is 0 Å². The van der Waals surface area contributed by atoms with E-state index in [1.54, 1.807) is 0 Å². The summed E-state index contributed by atoms with van der Waals surface area (Å²) in [7, 11) is 4.57. The summed E-state index contributed by atoms with van der Waals surface area (Å²) in [6, 6.07) is 0.634. The Labute approximate surface area is 160 Å². The minimum atomic E-state index is -0.274. The molecular formula is C23H39NO2. The van der Waals surface area contributed by atoms with Crippen molar-refractivity contribution < 1.29 is 9.84 Å². The summed E-state index contributed by atoms with van der Waals surface area (Å²) in [5.74, 6) is 3.01. The molecule has 0 radical (unpaired) electrons. The lowest BCUT2D eigenvalue weighted by Gasteiger charge is -2.64. The van der Waals surface area contributed by atoms with E-state index < -0.39 is 0 Å². The van der Waals surface area contributed by atoms with Gasteiger partial charge in [0.25, 0.3) is 0 Å². The highest BCUT2D eigenvalue weighted by molar-refractivity contribution is 5.19. The summed E-state index contributed by atoms with van der Waals surface area (Å²) in [6.07, 6.45) is 11.9. The predicted octanol–water partition coefficient (Wildman–Crippen LogP) is 4.11. The zero-order chi connectivity index (χ0) is 18.7. The Bertz CT molecular complexity index is 560. The minimum Gasteiger partial charge on any atom is -0.390 e. The third-order valence-corrected chi connectivity index (χ3v) is 8.96. The van der Waals surface area contributed by atoms with E-state index in [-0.39, 0.29) is 12.2 Å². The first-order chi connectivity index (χ1) is 12.3. The van der Waals surface area contributed by atoms with Crippen LogP contribution in [0.25, 0.3) is 0 Å². The molecule has 4 rings (SSSR count). The molecule has 1 N–H and O–H groups in total. The van der Waals surface area contributed by atoms with Gasteiger partial charge in [-0.25, -0.2) is 0 Å². The first kappa shape index (κ1) is 19.0. The predicted molar refractivity (Wildman–Crippen MR) is 106 cm³/mol. The van der Waals surface area contributed by atoms with E-state index in [2.05, 4.69) is 51.9 Å². The summed E-state index contributed by atoms with van der Waals surface area (Å²) in [4.78, 5) is 2.51. The highest BCUT2D eigenvalue weighted by Crippen LogP contribution is 2.65. The second kappa shape index (κ2) is 6.60. The smallest absolute Gasteiger partial charge is 0.0839 e. The maximum atomic E-state index is 10.7. The zero-order valence-electron chi connectivity index (χ0n) is 17.4. The lowest BCUT2D eigenvalue weighted by Crippen LogP contribution is -2.63. The molecule has 0 saturated heterocycles. The number of fused-ring (bicyclic) bond motifs is 5. The number of rotatable bonds is 3. The number of nitrogens with zero attached hydrogens (tertiary/aromatic N) is 1. The van der Waals surface area contributed by atoms with E-state index in [1.165, 1.54) is 25.7 Å². The quantitative estimate of drug-likeness (QED) is 0.768. The van der Waals surface area contributed by atoms with Gasteiger partial charge in [-0.2, -0.15) is 0 Å². The number of hydrogen-bond donors (Lipinski definition) is 1. The summed E-state index contributed by atoms with van der Waals surface area (Å²) in [5, 5.41) is 10.7. The molecule has 4 aliphatic rings. The summed E-state index contributed by atoms with van der Waals surface area (Å²) < 4.78 is 6.02. The van der Waals surface area contributed by atoms with Crippen LogP contribution in [0, 0.1) is 34.5 Å². The molecule has 0 bridgehead atoms. The number of ether oxygens (including phenoxy) is 1. The van der Waals surface area contributed by atoms with Crippen LogP contribution in [0.3, 0.4) is 0 Å². The Balaban J connectivity index is 1.70. The van der Waals surface area contributed by atoms with Crippen LogP contribution < -0.4 is 0 Å². The maximum Gasteiger partial charge on any atom is 0.0839 e. The van der Waals surface area contributed by atoms with Gasteiger partial charge in [-0.15, -0.1) is 0 Å². The van der Waals surface area contributed by atoms with Crippen LogP contribution in [-0.2, 0) is 4.74 Å². The van der Waals surface area contributed by atoms with Gasteiger partial charge in [0.15, 0.2) is 0 Å². The Kier molecular flexibility index (Phi) is 4.81. The van der Waals surface area contributed by atoms with Gasteiger partial charge in [0.1, 0.15) is 0 Å². The van der Waals surface area contributed by atoms with Crippen molar-refractivity contribution in [1.29, 1.82) is 0 Å². The third kappa shape index (κ3) is 2.72. The van der Waals surface area contributed by atoms with Gasteiger partial charge >= 0.3 is 0 Å². The molecule has 3 fully saturated rings. The standard InChI is InChI=1S/C23H39NO2/c1-6-26-20-14-23(3)15(12-19(20)25)9-10-16-17-8-7-11-22(17,2)13-18(21(16)23)24(4)5/h7,11,15-21,25H,6,8-10,12-14H2,1-5H3/t15?,16-,17-,18?,19?,20?,21-,22-,23-/m0/s1. The number of allylic oxidation sites excluding steroid dienone is 2. The largest absolute Gasteiger partial charge is 0.390 e.